The van der Waals surface area contributed by atoms with Crippen LogP contribution in [0, 0.1) is 0 Å². The van der Waals surface area contributed by atoms with Gasteiger partial charge in [0, 0.05) is 46.1 Å². The average molecular weight is 533 g/mol. The molecule has 0 fully saturated rings. The normalized spacial score (nSPS) is 27.3. The van der Waals surface area contributed by atoms with Crippen molar-refractivity contribution in [3.63, 3.8) is 0 Å². The summed E-state index contributed by atoms with van der Waals surface area (Å²) in [7, 11) is 0. The molecule has 12 heteroatoms. The van der Waals surface area contributed by atoms with Crippen molar-refractivity contribution in [2.24, 2.45) is 0 Å². The Morgan fingerprint density at radius 3 is 1.00 bits per heavy atom. The summed E-state index contributed by atoms with van der Waals surface area (Å²) in [5.41, 5.74) is -3.96. The van der Waals surface area contributed by atoms with Crippen molar-refractivity contribution < 1.29 is 59.1 Å². The molecule has 2 atom stereocenters. The zero-order valence-corrected chi connectivity index (χ0v) is 22.2. The van der Waals surface area contributed by atoms with Crippen LogP contribution in [0.3, 0.4) is 0 Å². The fraction of sp³-hybridized carbons (Fsp3) is 0.680. The second-order valence-electron chi connectivity index (χ2n) is 8.24. The minimum absolute atomic E-state index is 0.0129. The third kappa shape index (κ3) is 4.77. The molecule has 0 heterocycles. The van der Waals surface area contributed by atoms with Crippen molar-refractivity contribution in [3.8, 4) is 0 Å². The van der Waals surface area contributed by atoms with Crippen molar-refractivity contribution in [2.45, 2.75) is 70.7 Å². The summed E-state index contributed by atoms with van der Waals surface area (Å²) in [5.74, 6) is -9.41. The molecule has 0 aromatic heterocycles. The lowest BCUT2D eigenvalue weighted by Gasteiger charge is -2.55. The van der Waals surface area contributed by atoms with Gasteiger partial charge in [0.1, 0.15) is 0 Å². The van der Waals surface area contributed by atoms with E-state index in [0.29, 0.717) is 0 Å². The molecule has 0 saturated carbocycles. The van der Waals surface area contributed by atoms with Crippen LogP contribution in [0.2, 0.25) is 0 Å². The van der Waals surface area contributed by atoms with Crippen LogP contribution in [0.4, 0.5) is 0 Å². The van der Waals surface area contributed by atoms with Crippen LogP contribution in [0.1, 0.15) is 48.0 Å². The van der Waals surface area contributed by atoms with Crippen LogP contribution in [0.5, 0.6) is 0 Å². The average Bonchev–Trinajstić information content (AvgIpc) is 2.84. The van der Waals surface area contributed by atoms with Gasteiger partial charge in [0.05, 0.1) is 0 Å². The minimum atomic E-state index is -2.22. The summed E-state index contributed by atoms with van der Waals surface area (Å²) >= 11 is 0. The van der Waals surface area contributed by atoms with Crippen molar-refractivity contribution in [1.82, 2.24) is 0 Å². The highest BCUT2D eigenvalue weighted by molar-refractivity contribution is 5.43. The summed E-state index contributed by atoms with van der Waals surface area (Å²) in [5, 5.41) is 64.5. The largest absolute Gasteiger partial charge is 0.504 e. The Labute approximate surface area is 216 Å². The van der Waals surface area contributed by atoms with Crippen molar-refractivity contribution >= 4 is 0 Å². The smallest absolute Gasteiger partial charge is 0.265 e. The molecule has 0 aliphatic heterocycles. The van der Waals surface area contributed by atoms with E-state index in [1.54, 1.807) is 41.5 Å². The quantitative estimate of drug-likeness (QED) is 0.177. The predicted molar refractivity (Wildman–Crippen MR) is 131 cm³/mol. The zero-order valence-electron chi connectivity index (χ0n) is 22.2. The van der Waals surface area contributed by atoms with Gasteiger partial charge in [-0.05, 0) is 53.7 Å². The third-order valence-electron chi connectivity index (χ3n) is 6.13. The van der Waals surface area contributed by atoms with Gasteiger partial charge in [-0.3, -0.25) is 0 Å². The van der Waals surface area contributed by atoms with E-state index in [0.717, 1.165) is 12.2 Å². The van der Waals surface area contributed by atoms with E-state index >= 15 is 0 Å². The van der Waals surface area contributed by atoms with Gasteiger partial charge < -0.3 is 59.1 Å². The van der Waals surface area contributed by atoms with Crippen molar-refractivity contribution in [3.05, 3.63) is 46.7 Å². The van der Waals surface area contributed by atoms with Crippen LogP contribution in [0.25, 0.3) is 0 Å². The van der Waals surface area contributed by atoms with Crippen molar-refractivity contribution in [1.29, 1.82) is 0 Å². The molecular formula is C25H40O12. The van der Waals surface area contributed by atoms with Crippen LogP contribution in [0.15, 0.2) is 46.7 Å². The third-order valence-corrected chi connectivity index (χ3v) is 6.13. The number of hydrogen-bond acceptors (Lipinski definition) is 12. The lowest BCUT2D eigenvalue weighted by Crippen LogP contribution is -2.69. The van der Waals surface area contributed by atoms with E-state index in [-0.39, 0.29) is 39.6 Å². The second kappa shape index (κ2) is 11.9. The SMILES string of the molecule is CCOC1(CC2(OCC)C=C(O)C(O)=C(O)C2(OCC)OCC)C=C(O)C(O)=C(O)C1(OCC)OCC. The molecule has 0 aromatic rings. The monoisotopic (exact) mass is 532 g/mol. The molecule has 0 aromatic carbocycles. The lowest BCUT2D eigenvalue weighted by molar-refractivity contribution is -0.349. The number of rotatable bonds is 14. The van der Waals surface area contributed by atoms with Gasteiger partial charge in [0.15, 0.2) is 22.7 Å². The van der Waals surface area contributed by atoms with Gasteiger partial charge in [0.2, 0.25) is 23.0 Å². The molecule has 2 unspecified atom stereocenters. The minimum Gasteiger partial charge on any atom is -0.504 e. The Hall–Kier alpha value is -2.48. The van der Waals surface area contributed by atoms with Crippen LogP contribution < -0.4 is 0 Å². The highest BCUT2D eigenvalue weighted by Gasteiger charge is 2.70. The first-order valence-electron chi connectivity index (χ1n) is 12.4. The molecular weight excluding hydrogens is 492 g/mol. The molecule has 212 valence electrons. The fourth-order valence-electron chi connectivity index (χ4n) is 5.00. The van der Waals surface area contributed by atoms with E-state index in [2.05, 4.69) is 0 Å². The molecule has 12 nitrogen and oxygen atoms in total. The topological polar surface area (TPSA) is 177 Å². The maximum absolute atomic E-state index is 11.1. The van der Waals surface area contributed by atoms with Gasteiger partial charge in [-0.1, -0.05) is 0 Å². The highest BCUT2D eigenvalue weighted by Crippen LogP contribution is 2.54. The number of aliphatic hydroxyl groups is 6. The Morgan fingerprint density at radius 2 is 0.757 bits per heavy atom. The van der Waals surface area contributed by atoms with E-state index in [4.69, 9.17) is 28.4 Å². The number of ether oxygens (including phenoxy) is 6. The molecule has 6 N–H and O–H groups in total. The van der Waals surface area contributed by atoms with Gasteiger partial charge >= 0.3 is 0 Å². The summed E-state index contributed by atoms with van der Waals surface area (Å²) in [6, 6.07) is 0. The van der Waals surface area contributed by atoms with E-state index in [9.17, 15) is 30.6 Å². The van der Waals surface area contributed by atoms with Crippen molar-refractivity contribution in [2.75, 3.05) is 39.6 Å². The molecule has 0 spiro atoms. The molecule has 37 heavy (non-hydrogen) atoms. The Bertz CT molecular complexity index is 850. The van der Waals surface area contributed by atoms with Gasteiger partial charge in [0.25, 0.3) is 11.6 Å². The van der Waals surface area contributed by atoms with E-state index in [1.165, 1.54) is 0 Å². The summed E-state index contributed by atoms with van der Waals surface area (Å²) < 4.78 is 36.0. The lowest BCUT2D eigenvalue weighted by atomic mass is 9.71. The molecule has 0 radical (unpaired) electrons. The van der Waals surface area contributed by atoms with Crippen LogP contribution in [-0.4, -0.2) is 93.1 Å². The van der Waals surface area contributed by atoms with Gasteiger partial charge in [-0.15, -0.1) is 0 Å². The number of aliphatic hydroxyl groups excluding tert-OH is 6. The molecule has 2 aliphatic carbocycles. The van der Waals surface area contributed by atoms with Gasteiger partial charge in [-0.2, -0.15) is 0 Å². The second-order valence-corrected chi connectivity index (χ2v) is 8.24. The Kier molecular flexibility index (Phi) is 9.91. The van der Waals surface area contributed by atoms with Crippen LogP contribution in [-0.2, 0) is 28.4 Å². The number of hydrogen-bond donors (Lipinski definition) is 6. The maximum Gasteiger partial charge on any atom is 0.265 e. The molecule has 0 amide bonds. The molecule has 2 aliphatic rings. The van der Waals surface area contributed by atoms with Crippen LogP contribution >= 0.6 is 0 Å². The molecule has 2 rings (SSSR count). The zero-order chi connectivity index (χ0) is 28.1. The first-order valence-corrected chi connectivity index (χ1v) is 12.4. The Balaban J connectivity index is 3.01. The maximum atomic E-state index is 11.1. The van der Waals surface area contributed by atoms with E-state index < -0.39 is 63.8 Å². The first-order chi connectivity index (χ1) is 17.5. The molecule has 0 saturated heterocycles. The summed E-state index contributed by atoms with van der Waals surface area (Å²) in [6.45, 7) is 9.65. The van der Waals surface area contributed by atoms with E-state index in [1.807, 2.05) is 0 Å². The highest BCUT2D eigenvalue weighted by atomic mass is 16.7. The molecule has 0 bridgehead atoms. The summed E-state index contributed by atoms with van der Waals surface area (Å²) in [6.07, 6.45) is 1.70. The first kappa shape index (κ1) is 30.7. The summed E-state index contributed by atoms with van der Waals surface area (Å²) in [4.78, 5) is 0. The van der Waals surface area contributed by atoms with Gasteiger partial charge in [-0.25, -0.2) is 0 Å². The Morgan fingerprint density at radius 1 is 0.486 bits per heavy atom. The fourth-order valence-corrected chi connectivity index (χ4v) is 5.00. The standard InChI is InChI=1S/C25H40O12/c1-7-32-22(13-16(26)18(28)20(30)24(22,34-9-3)35-10-4)15-23(33-8-2)14-17(27)19(29)21(31)25(23,36-11-5)37-12-6/h13-14,26-31H,7-12,15H2,1-6H3. The predicted octanol–water partition coefficient (Wildman–Crippen LogP) is 4.03.